The molecule has 4 nitrogen and oxygen atoms in total. The second-order valence-corrected chi connectivity index (χ2v) is 3.25. The third-order valence-electron chi connectivity index (χ3n) is 0. The van der Waals surface area contributed by atoms with Crippen molar-refractivity contribution in [2.24, 2.45) is 0 Å². The van der Waals surface area contributed by atoms with Crippen LogP contribution in [0, 0.1) is 0 Å². The number of rotatable bonds is 0. The molecule has 18 heavy (non-hydrogen) atoms. The topological polar surface area (TPSA) is 77.4 Å². The molecule has 0 saturated heterocycles. The molecule has 0 aromatic heterocycles. The Morgan fingerprint density at radius 1 is 0.833 bits per heavy atom. The number of carbonyl (C=O) groups is 2. The van der Waals surface area contributed by atoms with Crippen molar-refractivity contribution in [1.29, 1.82) is 0 Å². The van der Waals surface area contributed by atoms with Crippen molar-refractivity contribution >= 4 is 11.6 Å². The van der Waals surface area contributed by atoms with Crippen LogP contribution in [0.5, 0.6) is 0 Å². The number of hydrogen-bond acceptors (Lipinski definition) is 4. The molecule has 0 aliphatic rings. The molecule has 0 bridgehead atoms. The van der Waals surface area contributed by atoms with E-state index >= 15 is 0 Å². The minimum Gasteiger partial charge on any atom is -0.876 e. The van der Waals surface area contributed by atoms with Crippen molar-refractivity contribution in [2.75, 3.05) is 0 Å². The summed E-state index contributed by atoms with van der Waals surface area (Å²) in [7, 11) is 0. The number of carbonyl (C=O) groups excluding carboxylic acids is 2. The van der Waals surface area contributed by atoms with Crippen LogP contribution in [0.15, 0.2) is 24.7 Å². The van der Waals surface area contributed by atoms with Gasteiger partial charge in [-0.25, -0.2) is 0 Å². The molecule has 0 aromatic rings. The van der Waals surface area contributed by atoms with E-state index in [2.05, 4.69) is 13.2 Å². The molecule has 0 heterocycles. The van der Waals surface area contributed by atoms with Crippen molar-refractivity contribution < 1.29 is 19.8 Å². The highest BCUT2D eigenvalue weighted by atomic mass is 16.3. The zero-order valence-electron chi connectivity index (χ0n) is 11.1. The summed E-state index contributed by atoms with van der Waals surface area (Å²) in [4.78, 5) is 18.9. The normalized spacial score (nSPS) is 5.67. The van der Waals surface area contributed by atoms with Gasteiger partial charge < -0.3 is 19.8 Å². The quantitative estimate of drug-likeness (QED) is 0.679. The maximum absolute atomic E-state index is 9.44. The van der Waals surface area contributed by atoms with E-state index in [-0.39, 0.29) is 37.9 Å². The molecule has 0 fully saturated rings. The predicted octanol–water partition coefficient (Wildman–Crippen LogP) is 3.42. The first-order valence-electron chi connectivity index (χ1n) is 4.54. The zero-order chi connectivity index (χ0) is 14.3. The van der Waals surface area contributed by atoms with E-state index in [1.54, 1.807) is 0 Å². The Morgan fingerprint density at radius 2 is 0.833 bits per heavy atom. The van der Waals surface area contributed by atoms with Crippen LogP contribution in [0.4, 0.5) is 0 Å². The fourth-order valence-electron chi connectivity index (χ4n) is 0. The van der Waals surface area contributed by atoms with E-state index < -0.39 is 0 Å². The summed E-state index contributed by atoms with van der Waals surface area (Å²) >= 11 is 0. The Labute approximate surface area is 113 Å². The lowest BCUT2D eigenvalue weighted by Crippen LogP contribution is -1.92. The van der Waals surface area contributed by atoms with Gasteiger partial charge in [0.25, 0.3) is 0 Å². The molecule has 112 valence electrons. The summed E-state index contributed by atoms with van der Waals surface area (Å²) in [6.45, 7) is 15.2. The summed E-state index contributed by atoms with van der Waals surface area (Å²) < 4.78 is 0. The molecule has 1 N–H and O–H groups in total. The van der Waals surface area contributed by atoms with Crippen LogP contribution in [-0.4, -0.2) is 16.7 Å². The Bertz CT molecular complexity index is 154. The molecule has 0 atom stereocenters. The SMILES string of the molecule is C.C.C=C(C)O.C=C(C)[O-].CC(C)=O.CC(C)=O. The molecular formula is C14H31O4-. The molecule has 0 saturated carbocycles. The third-order valence-corrected chi connectivity index (χ3v) is 0. The molecule has 0 spiro atoms. The van der Waals surface area contributed by atoms with Gasteiger partial charge in [0.2, 0.25) is 0 Å². The van der Waals surface area contributed by atoms with Gasteiger partial charge in [-0.3, -0.25) is 0 Å². The van der Waals surface area contributed by atoms with Gasteiger partial charge in [-0.2, -0.15) is 0 Å². The number of aliphatic hydroxyl groups is 1. The van der Waals surface area contributed by atoms with E-state index in [0.29, 0.717) is 0 Å². The fraction of sp³-hybridized carbons (Fsp3) is 0.571. The Morgan fingerprint density at radius 3 is 0.833 bits per heavy atom. The van der Waals surface area contributed by atoms with E-state index in [1.165, 1.54) is 41.5 Å². The lowest BCUT2D eigenvalue weighted by atomic mass is 10.6. The smallest absolute Gasteiger partial charge is 0.126 e. The highest BCUT2D eigenvalue weighted by Crippen LogP contribution is 1.66. The van der Waals surface area contributed by atoms with Gasteiger partial charge in [0.15, 0.2) is 0 Å². The number of Topliss-reactive ketones (excluding diaryl/α,β-unsaturated/α-hetero) is 2. The van der Waals surface area contributed by atoms with E-state index in [4.69, 9.17) is 5.11 Å². The van der Waals surface area contributed by atoms with Gasteiger partial charge in [-0.1, -0.05) is 28.4 Å². The largest absolute Gasteiger partial charge is 0.876 e. The molecule has 0 aliphatic carbocycles. The molecule has 4 heteroatoms. The van der Waals surface area contributed by atoms with Crippen molar-refractivity contribution in [1.82, 2.24) is 0 Å². The molecule has 0 aromatic carbocycles. The van der Waals surface area contributed by atoms with Crippen LogP contribution < -0.4 is 5.11 Å². The van der Waals surface area contributed by atoms with E-state index in [0.717, 1.165) is 0 Å². The maximum atomic E-state index is 9.44. The van der Waals surface area contributed by atoms with Crippen LogP contribution in [0.25, 0.3) is 0 Å². The summed E-state index contributed by atoms with van der Waals surface area (Å²) in [5.74, 6) is 0.417. The summed E-state index contributed by atoms with van der Waals surface area (Å²) in [6, 6.07) is 0. The second kappa shape index (κ2) is 29.5. The van der Waals surface area contributed by atoms with Gasteiger partial charge in [0.05, 0.1) is 5.76 Å². The highest BCUT2D eigenvalue weighted by molar-refractivity contribution is 5.72. The number of allylic oxidation sites excluding steroid dienone is 2. The van der Waals surface area contributed by atoms with Crippen LogP contribution in [0.2, 0.25) is 0 Å². The van der Waals surface area contributed by atoms with Gasteiger partial charge in [0, 0.05) is 0 Å². The Hall–Kier alpha value is -1.58. The van der Waals surface area contributed by atoms with Crippen LogP contribution in [-0.2, 0) is 9.59 Å². The first kappa shape index (κ1) is 36.0. The molecule has 0 amide bonds. The maximum Gasteiger partial charge on any atom is 0.126 e. The van der Waals surface area contributed by atoms with Crippen molar-refractivity contribution in [3.63, 3.8) is 0 Å². The van der Waals surface area contributed by atoms with Crippen molar-refractivity contribution in [2.45, 2.75) is 56.4 Å². The average molecular weight is 263 g/mol. The monoisotopic (exact) mass is 263 g/mol. The van der Waals surface area contributed by atoms with Gasteiger partial charge >= 0.3 is 0 Å². The Kier molecular flexibility index (Phi) is 59.0. The Balaban J connectivity index is -0.0000000257. The lowest BCUT2D eigenvalue weighted by molar-refractivity contribution is -0.300. The first-order valence-corrected chi connectivity index (χ1v) is 4.54. The molecule has 0 rings (SSSR count). The summed E-state index contributed by atoms with van der Waals surface area (Å²) in [5.41, 5.74) is 0. The molecule has 0 aliphatic heterocycles. The van der Waals surface area contributed by atoms with Gasteiger partial charge in [0.1, 0.15) is 11.6 Å². The number of aliphatic hydroxyl groups excluding tert-OH is 1. The molecule has 0 unspecified atom stereocenters. The number of ketones is 2. The number of hydrogen-bond donors (Lipinski definition) is 1. The van der Waals surface area contributed by atoms with Crippen LogP contribution >= 0.6 is 0 Å². The lowest BCUT2D eigenvalue weighted by Gasteiger charge is -1.92. The standard InChI is InChI=1S/4C3H6O.2CH4/c4*1-3(2)4;;/h2*1-2H3;2*4H,1H2,2H3;2*1H4/p-1. The van der Waals surface area contributed by atoms with Crippen LogP contribution in [0.1, 0.15) is 56.4 Å². The average Bonchev–Trinajstić information content (AvgIpc) is 1.76. The third kappa shape index (κ3) is 1040. The van der Waals surface area contributed by atoms with Crippen molar-refractivity contribution in [3.05, 3.63) is 24.7 Å². The van der Waals surface area contributed by atoms with Gasteiger partial charge in [-0.15, -0.1) is 12.3 Å². The summed E-state index contributed by atoms with van der Waals surface area (Å²) in [5, 5.41) is 17.2. The highest BCUT2D eigenvalue weighted by Gasteiger charge is 1.62. The van der Waals surface area contributed by atoms with E-state index in [1.807, 2.05) is 0 Å². The minimum atomic E-state index is -0.0833. The minimum absolute atomic E-state index is 0. The zero-order valence-corrected chi connectivity index (χ0v) is 11.1. The fourth-order valence-corrected chi connectivity index (χ4v) is 0. The van der Waals surface area contributed by atoms with Crippen molar-refractivity contribution in [3.8, 4) is 0 Å². The molecule has 0 radical (unpaired) electrons. The summed E-state index contributed by atoms with van der Waals surface area (Å²) in [6.07, 6.45) is 0. The van der Waals surface area contributed by atoms with E-state index in [9.17, 15) is 14.7 Å². The van der Waals surface area contributed by atoms with Gasteiger partial charge in [-0.05, 0) is 34.6 Å². The second-order valence-electron chi connectivity index (χ2n) is 3.25. The molecular weight excluding hydrogens is 232 g/mol. The van der Waals surface area contributed by atoms with Crippen LogP contribution in [0.3, 0.4) is 0 Å². The first-order chi connectivity index (χ1) is 6.93. The predicted molar refractivity (Wildman–Crippen MR) is 78.4 cm³/mol.